The van der Waals surface area contributed by atoms with Gasteiger partial charge in [-0.3, -0.25) is 14.5 Å². The number of rotatable bonds is 18. The zero-order valence-corrected chi connectivity index (χ0v) is 17.8. The van der Waals surface area contributed by atoms with Crippen LogP contribution >= 0.6 is 0 Å². The second-order valence-electron chi connectivity index (χ2n) is 7.58. The fraction of sp³-hybridized carbons (Fsp3) is 0.818. The van der Waals surface area contributed by atoms with Crippen LogP contribution in [0.15, 0.2) is 12.2 Å². The number of hydrogen-bond acceptors (Lipinski definition) is 3. The maximum atomic E-state index is 11.8. The van der Waals surface area contributed by atoms with E-state index < -0.39 is 12.0 Å². The van der Waals surface area contributed by atoms with Crippen molar-refractivity contribution >= 4 is 11.9 Å². The van der Waals surface area contributed by atoms with Crippen molar-refractivity contribution < 1.29 is 14.7 Å². The van der Waals surface area contributed by atoms with E-state index >= 15 is 0 Å². The quantitative estimate of drug-likeness (QED) is 0.265. The van der Waals surface area contributed by atoms with E-state index in [0.717, 1.165) is 32.1 Å². The Labute approximate surface area is 166 Å². The molecule has 0 unspecified atom stereocenters. The highest BCUT2D eigenvalue weighted by atomic mass is 16.4. The zero-order chi connectivity index (χ0) is 20.3. The van der Waals surface area contributed by atoms with Crippen molar-refractivity contribution in [3.8, 4) is 0 Å². The second-order valence-corrected chi connectivity index (χ2v) is 7.58. The highest BCUT2D eigenvalue weighted by Crippen LogP contribution is 2.08. The Balaban J connectivity index is 3.46. The molecule has 0 aromatic heterocycles. The van der Waals surface area contributed by atoms with Crippen molar-refractivity contribution in [1.29, 1.82) is 0 Å². The van der Waals surface area contributed by atoms with Crippen molar-refractivity contribution in [3.63, 3.8) is 0 Å². The van der Waals surface area contributed by atoms with E-state index in [9.17, 15) is 9.59 Å². The minimum Gasteiger partial charge on any atom is -0.480 e. The van der Waals surface area contributed by atoms with E-state index in [4.69, 9.17) is 5.11 Å². The van der Waals surface area contributed by atoms with Crippen molar-refractivity contribution in [2.75, 3.05) is 20.6 Å². The molecule has 158 valence electrons. The van der Waals surface area contributed by atoms with Crippen LogP contribution in [0.4, 0.5) is 0 Å². The van der Waals surface area contributed by atoms with Crippen LogP contribution < -0.4 is 5.32 Å². The van der Waals surface area contributed by atoms with Gasteiger partial charge in [-0.2, -0.15) is 0 Å². The van der Waals surface area contributed by atoms with Gasteiger partial charge in [-0.15, -0.1) is 0 Å². The number of unbranched alkanes of at least 4 members (excludes halogenated alkanes) is 8. The number of carboxylic acid groups (broad SMARTS) is 1. The molecule has 0 rings (SSSR count). The topological polar surface area (TPSA) is 69.6 Å². The third-order valence-corrected chi connectivity index (χ3v) is 4.80. The van der Waals surface area contributed by atoms with E-state index in [0.29, 0.717) is 19.4 Å². The predicted molar refractivity (Wildman–Crippen MR) is 113 cm³/mol. The lowest BCUT2D eigenvalue weighted by Crippen LogP contribution is -2.35. The van der Waals surface area contributed by atoms with Gasteiger partial charge in [0.25, 0.3) is 0 Å². The van der Waals surface area contributed by atoms with Gasteiger partial charge in [0.15, 0.2) is 0 Å². The van der Waals surface area contributed by atoms with Crippen LogP contribution in [-0.2, 0) is 9.59 Å². The standard InChI is InChI=1S/C22H42N2O3/c1-4-5-6-7-8-9-10-11-12-13-14-18-21(25)23-19-16-15-17-20(22(26)27)24(2)3/h8-9,20H,4-7,10-19H2,1-3H3,(H,23,25)(H,26,27)/b9-8+/t20-/m0/s1. The smallest absolute Gasteiger partial charge is 0.320 e. The molecule has 0 fully saturated rings. The first-order valence-corrected chi connectivity index (χ1v) is 10.8. The summed E-state index contributed by atoms with van der Waals surface area (Å²) in [6.07, 6.45) is 18.2. The summed E-state index contributed by atoms with van der Waals surface area (Å²) in [5, 5.41) is 12.0. The number of hydrogen-bond donors (Lipinski definition) is 2. The Morgan fingerprint density at radius 1 is 0.926 bits per heavy atom. The summed E-state index contributed by atoms with van der Waals surface area (Å²) in [5.41, 5.74) is 0. The van der Waals surface area contributed by atoms with Gasteiger partial charge in [0.1, 0.15) is 6.04 Å². The highest BCUT2D eigenvalue weighted by Gasteiger charge is 2.18. The zero-order valence-electron chi connectivity index (χ0n) is 17.8. The third-order valence-electron chi connectivity index (χ3n) is 4.80. The van der Waals surface area contributed by atoms with E-state index in [1.165, 1.54) is 38.5 Å². The minimum absolute atomic E-state index is 0.119. The van der Waals surface area contributed by atoms with Gasteiger partial charge < -0.3 is 10.4 Å². The van der Waals surface area contributed by atoms with Crippen LogP contribution in [0, 0.1) is 0 Å². The molecule has 0 saturated heterocycles. The number of carbonyl (C=O) groups is 2. The van der Waals surface area contributed by atoms with E-state index in [1.807, 2.05) is 0 Å². The lowest BCUT2D eigenvalue weighted by atomic mass is 10.1. The molecule has 1 amide bonds. The van der Waals surface area contributed by atoms with Gasteiger partial charge in [0.05, 0.1) is 0 Å². The first-order chi connectivity index (χ1) is 13.0. The average Bonchev–Trinajstić information content (AvgIpc) is 2.61. The third kappa shape index (κ3) is 16.5. The number of nitrogens with one attached hydrogen (secondary N) is 1. The molecular formula is C22H42N2O3. The summed E-state index contributed by atoms with van der Waals surface area (Å²) in [7, 11) is 3.56. The molecule has 0 heterocycles. The molecule has 5 nitrogen and oxygen atoms in total. The lowest BCUT2D eigenvalue weighted by molar-refractivity contribution is -0.142. The molecule has 0 saturated carbocycles. The van der Waals surface area contributed by atoms with Crippen LogP contribution in [0.25, 0.3) is 0 Å². The van der Waals surface area contributed by atoms with Crippen molar-refractivity contribution in [1.82, 2.24) is 10.2 Å². The number of carboxylic acids is 1. The van der Waals surface area contributed by atoms with Crippen LogP contribution in [0.3, 0.4) is 0 Å². The summed E-state index contributed by atoms with van der Waals surface area (Å²) in [6, 6.07) is -0.438. The predicted octanol–water partition coefficient (Wildman–Crippen LogP) is 4.76. The van der Waals surface area contributed by atoms with Gasteiger partial charge in [0, 0.05) is 13.0 Å². The summed E-state index contributed by atoms with van der Waals surface area (Å²) >= 11 is 0. The monoisotopic (exact) mass is 382 g/mol. The van der Waals surface area contributed by atoms with E-state index in [1.54, 1.807) is 19.0 Å². The first-order valence-electron chi connectivity index (χ1n) is 10.8. The molecule has 5 heteroatoms. The number of aliphatic carboxylic acids is 1. The molecule has 0 aliphatic rings. The fourth-order valence-corrected chi connectivity index (χ4v) is 3.03. The van der Waals surface area contributed by atoms with Gasteiger partial charge in [-0.25, -0.2) is 0 Å². The second kappa shape index (κ2) is 18.0. The van der Waals surface area contributed by atoms with E-state index in [2.05, 4.69) is 24.4 Å². The normalized spacial score (nSPS) is 12.6. The molecule has 0 aromatic carbocycles. The summed E-state index contributed by atoms with van der Waals surface area (Å²) in [6.45, 7) is 2.87. The molecule has 0 aliphatic heterocycles. The molecule has 1 atom stereocenters. The maximum absolute atomic E-state index is 11.8. The number of amides is 1. The molecule has 0 aromatic rings. The Morgan fingerprint density at radius 2 is 1.56 bits per heavy atom. The Hall–Kier alpha value is -1.36. The number of likely N-dealkylation sites (N-methyl/N-ethyl adjacent to an activating group) is 1. The lowest BCUT2D eigenvalue weighted by Gasteiger charge is -2.19. The Bertz CT molecular complexity index is 408. The number of nitrogens with zero attached hydrogens (tertiary/aromatic N) is 1. The molecule has 0 aliphatic carbocycles. The largest absolute Gasteiger partial charge is 0.480 e. The molecule has 0 radical (unpaired) electrons. The summed E-state index contributed by atoms with van der Waals surface area (Å²) in [4.78, 5) is 24.6. The molecular weight excluding hydrogens is 340 g/mol. The van der Waals surface area contributed by atoms with Crippen LogP contribution in [0.1, 0.15) is 90.4 Å². The number of allylic oxidation sites excluding steroid dienone is 2. The SMILES string of the molecule is CCCCC/C=C/CCCCCCC(=O)NCCCC[C@@H](C(=O)O)N(C)C. The van der Waals surface area contributed by atoms with Gasteiger partial charge in [-0.1, -0.05) is 44.8 Å². The van der Waals surface area contributed by atoms with Crippen LogP contribution in [0.5, 0.6) is 0 Å². The first kappa shape index (κ1) is 25.6. The average molecular weight is 383 g/mol. The van der Waals surface area contributed by atoms with Gasteiger partial charge >= 0.3 is 5.97 Å². The van der Waals surface area contributed by atoms with Gasteiger partial charge in [0.2, 0.25) is 5.91 Å². The summed E-state index contributed by atoms with van der Waals surface area (Å²) < 4.78 is 0. The Kier molecular flexibility index (Phi) is 17.1. The fourth-order valence-electron chi connectivity index (χ4n) is 3.03. The minimum atomic E-state index is -0.781. The summed E-state index contributed by atoms with van der Waals surface area (Å²) in [5.74, 6) is -0.663. The molecule has 27 heavy (non-hydrogen) atoms. The van der Waals surface area contributed by atoms with Crippen LogP contribution in [-0.4, -0.2) is 48.6 Å². The highest BCUT2D eigenvalue weighted by molar-refractivity contribution is 5.75. The molecule has 0 bridgehead atoms. The molecule has 2 N–H and O–H groups in total. The van der Waals surface area contributed by atoms with Crippen molar-refractivity contribution in [2.24, 2.45) is 0 Å². The van der Waals surface area contributed by atoms with Crippen molar-refractivity contribution in [2.45, 2.75) is 96.4 Å². The van der Waals surface area contributed by atoms with Crippen LogP contribution in [0.2, 0.25) is 0 Å². The number of carbonyl (C=O) groups excluding carboxylic acids is 1. The van der Waals surface area contributed by atoms with Crippen molar-refractivity contribution in [3.05, 3.63) is 12.2 Å². The maximum Gasteiger partial charge on any atom is 0.320 e. The Morgan fingerprint density at radius 3 is 2.15 bits per heavy atom. The van der Waals surface area contributed by atoms with Gasteiger partial charge in [-0.05, 0) is 65.5 Å². The molecule has 0 spiro atoms. The van der Waals surface area contributed by atoms with E-state index in [-0.39, 0.29) is 5.91 Å².